The Balaban J connectivity index is 2.38. The summed E-state index contributed by atoms with van der Waals surface area (Å²) < 4.78 is 30.9. The molecule has 0 unspecified atom stereocenters. The molecular weight excluding hydrogens is 312 g/mol. The monoisotopic (exact) mass is 328 g/mol. The van der Waals surface area contributed by atoms with Crippen LogP contribution in [-0.4, -0.2) is 18.0 Å². The van der Waals surface area contributed by atoms with Gasteiger partial charge in [-0.2, -0.15) is 0 Å². The molecule has 114 valence electrons. The fourth-order valence-electron chi connectivity index (χ4n) is 2.17. The Kier molecular flexibility index (Phi) is 4.30. The Morgan fingerprint density at radius 2 is 1.95 bits per heavy atom. The van der Waals surface area contributed by atoms with Crippen molar-refractivity contribution in [2.24, 2.45) is 7.05 Å². The minimum atomic E-state index is -3.76. The zero-order chi connectivity index (χ0) is 15.8. The fraction of sp³-hybridized carbons (Fsp3) is 0.357. The van der Waals surface area contributed by atoms with Gasteiger partial charge in [0.2, 0.25) is 0 Å². The summed E-state index contributed by atoms with van der Waals surface area (Å²) in [5, 5.41) is 0. The van der Waals surface area contributed by atoms with Crippen LogP contribution in [0.1, 0.15) is 22.4 Å². The van der Waals surface area contributed by atoms with Crippen molar-refractivity contribution in [3.05, 3.63) is 41.0 Å². The van der Waals surface area contributed by atoms with Gasteiger partial charge in [0, 0.05) is 17.7 Å². The van der Waals surface area contributed by atoms with Crippen LogP contribution in [0.3, 0.4) is 0 Å². The first-order valence-electron chi connectivity index (χ1n) is 6.35. The van der Waals surface area contributed by atoms with E-state index in [2.05, 4.69) is 4.98 Å². The smallest absolute Gasteiger partial charge is 0.261 e. The van der Waals surface area contributed by atoms with Crippen molar-refractivity contribution < 1.29 is 13.2 Å². The van der Waals surface area contributed by atoms with E-state index in [1.165, 1.54) is 0 Å². The molecule has 0 saturated heterocycles. The van der Waals surface area contributed by atoms with Crippen molar-refractivity contribution >= 4 is 19.7 Å². The SMILES string of the molecule is Cc1cc(S(=O)(=O)Cl)c(C)c(C)c1OCc1cncn1C. The molecule has 0 fully saturated rings. The lowest BCUT2D eigenvalue weighted by Crippen LogP contribution is -2.06. The highest BCUT2D eigenvalue weighted by molar-refractivity contribution is 8.13. The van der Waals surface area contributed by atoms with Gasteiger partial charge in [0.1, 0.15) is 12.4 Å². The molecule has 21 heavy (non-hydrogen) atoms. The fourth-order valence-corrected chi connectivity index (χ4v) is 3.48. The van der Waals surface area contributed by atoms with Crippen molar-refractivity contribution in [2.45, 2.75) is 32.3 Å². The molecule has 5 nitrogen and oxygen atoms in total. The first-order chi connectivity index (χ1) is 9.71. The molecule has 1 aromatic carbocycles. The Labute approximate surface area is 128 Å². The zero-order valence-electron chi connectivity index (χ0n) is 12.3. The molecule has 0 N–H and O–H groups in total. The number of hydrogen-bond donors (Lipinski definition) is 0. The molecule has 0 aliphatic carbocycles. The second kappa shape index (κ2) is 5.69. The van der Waals surface area contributed by atoms with E-state index in [0.29, 0.717) is 17.9 Å². The van der Waals surface area contributed by atoms with Gasteiger partial charge in [-0.3, -0.25) is 0 Å². The summed E-state index contributed by atoms with van der Waals surface area (Å²) >= 11 is 0. The molecule has 0 aliphatic rings. The Hall–Kier alpha value is -1.53. The molecule has 0 radical (unpaired) electrons. The van der Waals surface area contributed by atoms with E-state index in [9.17, 15) is 8.42 Å². The van der Waals surface area contributed by atoms with Crippen LogP contribution in [0.25, 0.3) is 0 Å². The van der Waals surface area contributed by atoms with E-state index in [0.717, 1.165) is 16.8 Å². The van der Waals surface area contributed by atoms with E-state index >= 15 is 0 Å². The lowest BCUT2D eigenvalue weighted by atomic mass is 10.1. The molecule has 1 aromatic heterocycles. The van der Waals surface area contributed by atoms with E-state index in [4.69, 9.17) is 15.4 Å². The topological polar surface area (TPSA) is 61.2 Å². The summed E-state index contributed by atoms with van der Waals surface area (Å²) in [6, 6.07) is 1.54. The van der Waals surface area contributed by atoms with Gasteiger partial charge >= 0.3 is 0 Å². The number of imidazole rings is 1. The van der Waals surface area contributed by atoms with Crippen molar-refractivity contribution in [3.8, 4) is 5.75 Å². The molecule has 0 atom stereocenters. The number of benzene rings is 1. The third-order valence-electron chi connectivity index (χ3n) is 3.52. The highest BCUT2D eigenvalue weighted by atomic mass is 35.7. The van der Waals surface area contributed by atoms with Crippen LogP contribution >= 0.6 is 10.7 Å². The number of aromatic nitrogens is 2. The summed E-state index contributed by atoms with van der Waals surface area (Å²) in [4.78, 5) is 4.16. The van der Waals surface area contributed by atoms with E-state index < -0.39 is 9.05 Å². The third kappa shape index (κ3) is 3.22. The first kappa shape index (κ1) is 15.9. The number of hydrogen-bond acceptors (Lipinski definition) is 4. The Morgan fingerprint density at radius 1 is 1.29 bits per heavy atom. The van der Waals surface area contributed by atoms with Gasteiger partial charge in [0.15, 0.2) is 0 Å². The maximum atomic E-state index is 11.6. The summed E-state index contributed by atoms with van der Waals surface area (Å²) in [5.41, 5.74) is 3.05. The van der Waals surface area contributed by atoms with E-state index in [-0.39, 0.29) is 4.90 Å². The molecule has 0 amide bonds. The predicted octanol–water partition coefficient (Wildman–Crippen LogP) is 2.85. The largest absolute Gasteiger partial charge is 0.487 e. The van der Waals surface area contributed by atoms with E-state index in [1.54, 1.807) is 32.4 Å². The number of ether oxygens (including phenoxy) is 1. The molecular formula is C14H17ClN2O3S. The minimum Gasteiger partial charge on any atom is -0.487 e. The second-order valence-corrected chi connectivity index (χ2v) is 7.53. The zero-order valence-corrected chi connectivity index (χ0v) is 13.9. The molecule has 7 heteroatoms. The standard InChI is InChI=1S/C14H17ClN2O3S/c1-9-5-13(21(15,18)19)10(2)11(3)14(9)20-7-12-6-16-8-17(12)4/h5-6,8H,7H2,1-4H3. The van der Waals surface area contributed by atoms with Gasteiger partial charge in [-0.05, 0) is 43.5 Å². The van der Waals surface area contributed by atoms with Gasteiger partial charge in [-0.1, -0.05) is 0 Å². The van der Waals surface area contributed by atoms with E-state index in [1.807, 2.05) is 18.5 Å². The molecule has 1 heterocycles. The summed E-state index contributed by atoms with van der Waals surface area (Å²) in [6.45, 7) is 5.72. The number of nitrogens with zero attached hydrogens (tertiary/aromatic N) is 2. The van der Waals surface area contributed by atoms with Gasteiger partial charge < -0.3 is 9.30 Å². The van der Waals surface area contributed by atoms with Crippen LogP contribution < -0.4 is 4.74 Å². The van der Waals surface area contributed by atoms with Gasteiger partial charge in [0.25, 0.3) is 9.05 Å². The van der Waals surface area contributed by atoms with Crippen LogP contribution in [0.2, 0.25) is 0 Å². The predicted molar refractivity (Wildman–Crippen MR) is 81.2 cm³/mol. The van der Waals surface area contributed by atoms with Crippen LogP contribution in [0, 0.1) is 20.8 Å². The van der Waals surface area contributed by atoms with Crippen LogP contribution in [-0.2, 0) is 22.7 Å². The molecule has 0 aliphatic heterocycles. The molecule has 0 saturated carbocycles. The lowest BCUT2D eigenvalue weighted by Gasteiger charge is -2.16. The van der Waals surface area contributed by atoms with Gasteiger partial charge in [-0.25, -0.2) is 13.4 Å². The Bertz CT molecular complexity index is 782. The highest BCUT2D eigenvalue weighted by Crippen LogP contribution is 2.33. The normalized spacial score (nSPS) is 11.7. The minimum absolute atomic E-state index is 0.132. The summed E-state index contributed by atoms with van der Waals surface area (Å²) in [5.74, 6) is 0.678. The van der Waals surface area contributed by atoms with Gasteiger partial charge in [0.05, 0.1) is 23.1 Å². The van der Waals surface area contributed by atoms with Crippen LogP contribution in [0.4, 0.5) is 0 Å². The number of halogens is 1. The van der Waals surface area contributed by atoms with Crippen molar-refractivity contribution in [2.75, 3.05) is 0 Å². The van der Waals surface area contributed by atoms with Crippen molar-refractivity contribution in [1.29, 1.82) is 0 Å². The maximum Gasteiger partial charge on any atom is 0.261 e. The van der Waals surface area contributed by atoms with Gasteiger partial charge in [-0.15, -0.1) is 0 Å². The van der Waals surface area contributed by atoms with Crippen LogP contribution in [0.5, 0.6) is 5.75 Å². The average molecular weight is 329 g/mol. The summed E-state index contributed by atoms with van der Waals surface area (Å²) in [6.07, 6.45) is 3.43. The van der Waals surface area contributed by atoms with Crippen LogP contribution in [0.15, 0.2) is 23.5 Å². The third-order valence-corrected chi connectivity index (χ3v) is 4.97. The van der Waals surface area contributed by atoms with Crippen molar-refractivity contribution in [3.63, 3.8) is 0 Å². The average Bonchev–Trinajstić information content (AvgIpc) is 2.78. The molecule has 2 aromatic rings. The Morgan fingerprint density at radius 3 is 2.48 bits per heavy atom. The van der Waals surface area contributed by atoms with Crippen molar-refractivity contribution in [1.82, 2.24) is 9.55 Å². The maximum absolute atomic E-state index is 11.6. The summed E-state index contributed by atoms with van der Waals surface area (Å²) in [7, 11) is 3.59. The quantitative estimate of drug-likeness (QED) is 0.810. The lowest BCUT2D eigenvalue weighted by molar-refractivity contribution is 0.292. The molecule has 2 rings (SSSR count). The number of rotatable bonds is 4. The molecule has 0 bridgehead atoms. The second-order valence-electron chi connectivity index (χ2n) is 4.99. The molecule has 0 spiro atoms. The highest BCUT2D eigenvalue weighted by Gasteiger charge is 2.19. The number of aryl methyl sites for hydroxylation is 2. The first-order valence-corrected chi connectivity index (χ1v) is 8.66.